The van der Waals surface area contributed by atoms with Gasteiger partial charge in [-0.2, -0.15) is 0 Å². The topological polar surface area (TPSA) is 12.9 Å². The molecule has 2 heteroatoms. The lowest BCUT2D eigenvalue weighted by Gasteiger charge is -2.02. The summed E-state index contributed by atoms with van der Waals surface area (Å²) in [6.07, 6.45) is 14.2. The minimum absolute atomic E-state index is 0.928. The van der Waals surface area contributed by atoms with Gasteiger partial charge in [0, 0.05) is 6.20 Å². The Hall–Kier alpha value is -0.370. The standard InChI is InChI=1S/C15H24BrN/c1-2-3-4-5-6-7-8-9-10-14-11-12-15(16)17-13-14/h11-13H,2-10H2,1H3. The van der Waals surface area contributed by atoms with Crippen LogP contribution >= 0.6 is 15.9 Å². The molecule has 0 aromatic carbocycles. The third-order valence-corrected chi connectivity index (χ3v) is 3.58. The SMILES string of the molecule is CCCCCCCCCCc1ccc(Br)nc1. The third-order valence-electron chi connectivity index (χ3n) is 3.11. The van der Waals surface area contributed by atoms with Crippen molar-refractivity contribution in [3.63, 3.8) is 0 Å². The molecule has 1 heterocycles. The molecule has 0 aliphatic rings. The van der Waals surface area contributed by atoms with Gasteiger partial charge in [0.25, 0.3) is 0 Å². The molecule has 0 saturated heterocycles. The number of rotatable bonds is 9. The third kappa shape index (κ3) is 7.54. The van der Waals surface area contributed by atoms with E-state index in [9.17, 15) is 0 Å². The van der Waals surface area contributed by atoms with Crippen LogP contribution in [0.15, 0.2) is 22.9 Å². The van der Waals surface area contributed by atoms with Gasteiger partial charge in [-0.3, -0.25) is 0 Å². The van der Waals surface area contributed by atoms with Gasteiger partial charge in [-0.25, -0.2) is 4.98 Å². The molecular formula is C15H24BrN. The van der Waals surface area contributed by atoms with Crippen LogP contribution in [0.1, 0.15) is 63.9 Å². The number of halogens is 1. The number of aromatic nitrogens is 1. The molecule has 0 bridgehead atoms. The van der Waals surface area contributed by atoms with E-state index >= 15 is 0 Å². The summed E-state index contributed by atoms with van der Waals surface area (Å²) >= 11 is 3.36. The van der Waals surface area contributed by atoms with Crippen LogP contribution in [0, 0.1) is 0 Å². The van der Waals surface area contributed by atoms with Crippen molar-refractivity contribution in [1.29, 1.82) is 0 Å². The summed E-state index contributed by atoms with van der Waals surface area (Å²) in [5, 5.41) is 0. The second kappa shape index (κ2) is 9.64. The lowest BCUT2D eigenvalue weighted by molar-refractivity contribution is 0.575. The van der Waals surface area contributed by atoms with Crippen LogP contribution in [0.2, 0.25) is 0 Å². The summed E-state index contributed by atoms with van der Waals surface area (Å²) in [5.74, 6) is 0. The quantitative estimate of drug-likeness (QED) is 0.431. The van der Waals surface area contributed by atoms with E-state index in [1.54, 1.807) is 0 Å². The second-order valence-electron chi connectivity index (χ2n) is 4.71. The Balaban J connectivity index is 1.95. The van der Waals surface area contributed by atoms with Gasteiger partial charge in [0.15, 0.2) is 0 Å². The van der Waals surface area contributed by atoms with Crippen molar-refractivity contribution in [3.05, 3.63) is 28.5 Å². The van der Waals surface area contributed by atoms with Crippen molar-refractivity contribution in [2.24, 2.45) is 0 Å². The van der Waals surface area contributed by atoms with Gasteiger partial charge in [0.2, 0.25) is 0 Å². The number of nitrogens with zero attached hydrogens (tertiary/aromatic N) is 1. The first-order chi connectivity index (χ1) is 8.33. The average Bonchev–Trinajstić information content (AvgIpc) is 2.35. The molecule has 17 heavy (non-hydrogen) atoms. The van der Waals surface area contributed by atoms with Crippen molar-refractivity contribution in [2.75, 3.05) is 0 Å². The predicted octanol–water partition coefficient (Wildman–Crippen LogP) is 5.53. The van der Waals surface area contributed by atoms with Crippen molar-refractivity contribution < 1.29 is 0 Å². The maximum atomic E-state index is 4.24. The van der Waals surface area contributed by atoms with E-state index in [1.165, 1.54) is 63.4 Å². The highest BCUT2D eigenvalue weighted by atomic mass is 79.9. The average molecular weight is 298 g/mol. The van der Waals surface area contributed by atoms with Crippen LogP contribution in [0.25, 0.3) is 0 Å². The molecule has 0 N–H and O–H groups in total. The van der Waals surface area contributed by atoms with E-state index in [-0.39, 0.29) is 0 Å². The fourth-order valence-corrected chi connectivity index (χ4v) is 2.25. The van der Waals surface area contributed by atoms with E-state index in [0.717, 1.165) is 4.60 Å². The van der Waals surface area contributed by atoms with E-state index in [1.807, 2.05) is 12.3 Å². The van der Waals surface area contributed by atoms with Crippen LogP contribution in [-0.2, 0) is 6.42 Å². The first kappa shape index (κ1) is 14.7. The normalized spacial score (nSPS) is 10.7. The fourth-order valence-electron chi connectivity index (χ4n) is 2.02. The van der Waals surface area contributed by atoms with Crippen molar-refractivity contribution in [1.82, 2.24) is 4.98 Å². The van der Waals surface area contributed by atoms with E-state index in [4.69, 9.17) is 0 Å². The molecule has 0 aliphatic carbocycles. The fraction of sp³-hybridized carbons (Fsp3) is 0.667. The Morgan fingerprint density at radius 1 is 0.941 bits per heavy atom. The van der Waals surface area contributed by atoms with Gasteiger partial charge in [-0.1, -0.05) is 57.9 Å². The first-order valence-corrected chi connectivity index (χ1v) is 7.72. The molecule has 1 aromatic heterocycles. The Morgan fingerprint density at radius 3 is 2.18 bits per heavy atom. The molecule has 0 amide bonds. The molecule has 1 aromatic rings. The summed E-state index contributed by atoms with van der Waals surface area (Å²) in [6, 6.07) is 4.19. The maximum absolute atomic E-state index is 4.24. The summed E-state index contributed by atoms with van der Waals surface area (Å²) in [6.45, 7) is 2.27. The van der Waals surface area contributed by atoms with Crippen molar-refractivity contribution in [2.45, 2.75) is 64.7 Å². The number of pyridine rings is 1. The smallest absolute Gasteiger partial charge is 0.106 e. The summed E-state index contributed by atoms with van der Waals surface area (Å²) in [5.41, 5.74) is 1.36. The molecule has 0 radical (unpaired) electrons. The van der Waals surface area contributed by atoms with Gasteiger partial charge < -0.3 is 0 Å². The summed E-state index contributed by atoms with van der Waals surface area (Å²) in [7, 11) is 0. The first-order valence-electron chi connectivity index (χ1n) is 6.93. The number of hydrogen-bond acceptors (Lipinski definition) is 1. The van der Waals surface area contributed by atoms with Gasteiger partial charge in [0.1, 0.15) is 4.60 Å². The van der Waals surface area contributed by atoms with Crippen LogP contribution in [0.5, 0.6) is 0 Å². The van der Waals surface area contributed by atoms with Crippen molar-refractivity contribution in [3.8, 4) is 0 Å². The van der Waals surface area contributed by atoms with E-state index in [2.05, 4.69) is 33.9 Å². The summed E-state index contributed by atoms with van der Waals surface area (Å²) < 4.78 is 0.928. The monoisotopic (exact) mass is 297 g/mol. The molecule has 0 aliphatic heterocycles. The largest absolute Gasteiger partial charge is 0.249 e. The molecule has 0 saturated carbocycles. The molecule has 0 atom stereocenters. The highest BCUT2D eigenvalue weighted by Gasteiger charge is 1.95. The van der Waals surface area contributed by atoms with Gasteiger partial charge >= 0.3 is 0 Å². The van der Waals surface area contributed by atoms with Gasteiger partial charge in [-0.05, 0) is 40.4 Å². The molecule has 1 rings (SSSR count). The predicted molar refractivity (Wildman–Crippen MR) is 78.3 cm³/mol. The second-order valence-corrected chi connectivity index (χ2v) is 5.53. The zero-order valence-corrected chi connectivity index (χ0v) is 12.5. The number of hydrogen-bond donors (Lipinski definition) is 0. The van der Waals surface area contributed by atoms with Crippen molar-refractivity contribution >= 4 is 15.9 Å². The zero-order chi connectivity index (χ0) is 12.3. The molecule has 0 spiro atoms. The summed E-state index contributed by atoms with van der Waals surface area (Å²) in [4.78, 5) is 4.24. The highest BCUT2D eigenvalue weighted by molar-refractivity contribution is 9.10. The Labute approximate surface area is 114 Å². The molecule has 0 unspecified atom stereocenters. The zero-order valence-electron chi connectivity index (χ0n) is 10.9. The van der Waals surface area contributed by atoms with Crippen LogP contribution in [-0.4, -0.2) is 4.98 Å². The molecular weight excluding hydrogens is 274 g/mol. The lowest BCUT2D eigenvalue weighted by atomic mass is 10.1. The highest BCUT2D eigenvalue weighted by Crippen LogP contribution is 2.12. The van der Waals surface area contributed by atoms with Gasteiger partial charge in [-0.15, -0.1) is 0 Å². The van der Waals surface area contributed by atoms with Crippen LogP contribution < -0.4 is 0 Å². The maximum Gasteiger partial charge on any atom is 0.106 e. The Morgan fingerprint density at radius 2 is 1.59 bits per heavy atom. The minimum atomic E-state index is 0.928. The van der Waals surface area contributed by atoms with Crippen LogP contribution in [0.4, 0.5) is 0 Å². The molecule has 96 valence electrons. The minimum Gasteiger partial charge on any atom is -0.249 e. The molecule has 1 nitrogen and oxygen atoms in total. The van der Waals surface area contributed by atoms with E-state index in [0.29, 0.717) is 0 Å². The molecule has 0 fully saturated rings. The number of aryl methyl sites for hydroxylation is 1. The van der Waals surface area contributed by atoms with Gasteiger partial charge in [0.05, 0.1) is 0 Å². The lowest BCUT2D eigenvalue weighted by Crippen LogP contribution is -1.88. The Kier molecular flexibility index (Phi) is 8.33. The van der Waals surface area contributed by atoms with Crippen LogP contribution in [0.3, 0.4) is 0 Å². The number of unbranched alkanes of at least 4 members (excludes halogenated alkanes) is 7. The Bertz CT molecular complexity index is 281. The van der Waals surface area contributed by atoms with E-state index < -0.39 is 0 Å².